The van der Waals surface area contributed by atoms with Crippen molar-refractivity contribution < 1.29 is 13.0 Å². The molecule has 0 aromatic heterocycles. The first-order chi connectivity index (χ1) is 6.05. The van der Waals surface area contributed by atoms with Gasteiger partial charge >= 0.3 is 0 Å². The Kier molecular flexibility index (Phi) is 2.74. The average Bonchev–Trinajstić information content (AvgIpc) is 2.04. The third-order valence-electron chi connectivity index (χ3n) is 1.50. The van der Waals surface area contributed by atoms with Gasteiger partial charge in [0.05, 0.1) is 11.4 Å². The Labute approximate surface area is 75.7 Å². The Balaban J connectivity index is 3.28. The van der Waals surface area contributed by atoms with Crippen molar-refractivity contribution in [3.05, 3.63) is 29.8 Å². The molecule has 1 aromatic carbocycles. The molecule has 1 aromatic rings. The minimum atomic E-state index is -4.20. The summed E-state index contributed by atoms with van der Waals surface area (Å²) in [5.74, 6) is 0. The summed E-state index contributed by atoms with van der Waals surface area (Å²) in [7, 11) is -4.20. The second-order valence-electron chi connectivity index (χ2n) is 2.40. The fourth-order valence-corrected chi connectivity index (χ4v) is 1.69. The molecule has 0 spiro atoms. The molecule has 0 atom stereocenters. The monoisotopic (exact) mass is 200 g/mol. The minimum absolute atomic E-state index is 0.0457. The maximum Gasteiger partial charge on any atom is 0.294 e. The van der Waals surface area contributed by atoms with Gasteiger partial charge in [-0.15, -0.1) is 0 Å². The molecule has 0 aliphatic heterocycles. The Hall–Kier alpha value is -1.27. The first-order valence-electron chi connectivity index (χ1n) is 3.44. The van der Waals surface area contributed by atoms with Gasteiger partial charge in [-0.05, 0) is 11.6 Å². The molecule has 6 heteroatoms. The van der Waals surface area contributed by atoms with Crippen molar-refractivity contribution in [3.8, 4) is 0 Å². The third kappa shape index (κ3) is 2.33. The van der Waals surface area contributed by atoms with Gasteiger partial charge in [-0.3, -0.25) is 4.55 Å². The van der Waals surface area contributed by atoms with Crippen molar-refractivity contribution in [2.75, 3.05) is 0 Å². The highest BCUT2D eigenvalue weighted by atomic mass is 32.2. The van der Waals surface area contributed by atoms with Crippen LogP contribution in [0.25, 0.3) is 0 Å². The molecule has 2 N–H and O–H groups in total. The van der Waals surface area contributed by atoms with E-state index >= 15 is 0 Å². The Morgan fingerprint density at radius 2 is 2.00 bits per heavy atom. The van der Waals surface area contributed by atoms with E-state index in [4.69, 9.17) is 10.1 Å². The van der Waals surface area contributed by atoms with Gasteiger partial charge in [0.1, 0.15) is 0 Å². The van der Waals surface area contributed by atoms with Crippen LogP contribution in [0.5, 0.6) is 0 Å². The third-order valence-corrected chi connectivity index (χ3v) is 2.45. The van der Waals surface area contributed by atoms with E-state index in [1.807, 2.05) is 0 Å². The molecule has 0 saturated heterocycles. The first kappa shape index (κ1) is 9.82. The zero-order chi connectivity index (χ0) is 9.90. The second-order valence-corrected chi connectivity index (χ2v) is 3.79. The van der Waals surface area contributed by atoms with Gasteiger partial charge in [0.25, 0.3) is 10.1 Å². The van der Waals surface area contributed by atoms with E-state index in [0.717, 1.165) is 0 Å². The summed E-state index contributed by atoms with van der Waals surface area (Å²) in [6.07, 6.45) is 0. The van der Waals surface area contributed by atoms with E-state index in [1.54, 1.807) is 6.07 Å². The fraction of sp³-hybridized carbons (Fsp3) is 0.143. The Morgan fingerprint density at radius 1 is 1.38 bits per heavy atom. The summed E-state index contributed by atoms with van der Waals surface area (Å²) in [4.78, 5) is -0.189. The number of benzene rings is 1. The average molecular weight is 200 g/mol. The molecular weight excluding hydrogens is 192 g/mol. The van der Waals surface area contributed by atoms with Crippen LogP contribution in [0.15, 0.2) is 34.3 Å². The lowest BCUT2D eigenvalue weighted by Gasteiger charge is -2.01. The number of hydrogen-bond acceptors (Lipinski definition) is 4. The first-order valence-corrected chi connectivity index (χ1v) is 4.88. The lowest BCUT2D eigenvalue weighted by molar-refractivity contribution is 0.482. The van der Waals surface area contributed by atoms with E-state index in [0.29, 0.717) is 5.56 Å². The fourth-order valence-electron chi connectivity index (χ4n) is 0.971. The second kappa shape index (κ2) is 3.63. The molecule has 0 radical (unpaired) electrons. The highest BCUT2D eigenvalue weighted by Gasteiger charge is 2.13. The molecule has 0 aliphatic carbocycles. The van der Waals surface area contributed by atoms with Crippen LogP contribution < -0.4 is 0 Å². The molecule has 0 bridgehead atoms. The molecular formula is C7H8N2O3S. The number of nitrogens with one attached hydrogen (secondary N) is 1. The highest BCUT2D eigenvalue weighted by molar-refractivity contribution is 7.85. The Morgan fingerprint density at radius 3 is 2.54 bits per heavy atom. The maximum absolute atomic E-state index is 10.8. The van der Waals surface area contributed by atoms with Crippen LogP contribution in [0.2, 0.25) is 0 Å². The van der Waals surface area contributed by atoms with Gasteiger partial charge in [0.15, 0.2) is 0 Å². The molecule has 0 saturated carbocycles. The van der Waals surface area contributed by atoms with Crippen LogP contribution in [-0.4, -0.2) is 13.0 Å². The molecule has 0 amide bonds. The van der Waals surface area contributed by atoms with Crippen molar-refractivity contribution >= 4 is 10.1 Å². The summed E-state index contributed by atoms with van der Waals surface area (Å²) in [5, 5.41) is 3.05. The topological polar surface area (TPSA) is 90.6 Å². The van der Waals surface area contributed by atoms with Crippen molar-refractivity contribution in [3.63, 3.8) is 0 Å². The molecule has 1 rings (SSSR count). The van der Waals surface area contributed by atoms with Crippen LogP contribution in [0, 0.1) is 5.53 Å². The highest BCUT2D eigenvalue weighted by Crippen LogP contribution is 2.15. The van der Waals surface area contributed by atoms with Crippen LogP contribution in [0.1, 0.15) is 5.56 Å². The molecule has 0 heterocycles. The van der Waals surface area contributed by atoms with Gasteiger partial charge in [0.2, 0.25) is 0 Å². The van der Waals surface area contributed by atoms with E-state index in [-0.39, 0.29) is 11.4 Å². The minimum Gasteiger partial charge on any atom is -0.282 e. The normalized spacial score (nSPS) is 11.2. The predicted octanol–water partition coefficient (Wildman–Crippen LogP) is 1.46. The van der Waals surface area contributed by atoms with Gasteiger partial charge < -0.3 is 0 Å². The number of rotatable bonds is 3. The zero-order valence-electron chi connectivity index (χ0n) is 6.64. The molecule has 13 heavy (non-hydrogen) atoms. The number of hydrogen-bond donors (Lipinski definition) is 2. The van der Waals surface area contributed by atoms with E-state index in [9.17, 15) is 8.42 Å². The molecule has 0 fully saturated rings. The molecule has 5 nitrogen and oxygen atoms in total. The summed E-state index contributed by atoms with van der Waals surface area (Å²) in [6.45, 7) is -0.0457. The van der Waals surface area contributed by atoms with Gasteiger partial charge in [-0.25, -0.2) is 5.53 Å². The summed E-state index contributed by atoms with van der Waals surface area (Å²) >= 11 is 0. The SMILES string of the molecule is N=NCc1ccccc1S(=O)(=O)O. The maximum atomic E-state index is 10.8. The van der Waals surface area contributed by atoms with Crippen molar-refractivity contribution in [2.45, 2.75) is 11.4 Å². The number of nitrogens with zero attached hydrogens (tertiary/aromatic N) is 1. The van der Waals surface area contributed by atoms with Gasteiger partial charge in [-0.2, -0.15) is 13.5 Å². The summed E-state index contributed by atoms with van der Waals surface area (Å²) in [5.41, 5.74) is 6.91. The van der Waals surface area contributed by atoms with Crippen LogP contribution in [-0.2, 0) is 16.7 Å². The van der Waals surface area contributed by atoms with Crippen LogP contribution >= 0.6 is 0 Å². The van der Waals surface area contributed by atoms with E-state index in [2.05, 4.69) is 5.11 Å². The zero-order valence-corrected chi connectivity index (χ0v) is 7.45. The van der Waals surface area contributed by atoms with E-state index < -0.39 is 10.1 Å². The molecule has 0 unspecified atom stereocenters. The van der Waals surface area contributed by atoms with Crippen molar-refractivity contribution in [1.29, 1.82) is 5.53 Å². The van der Waals surface area contributed by atoms with Gasteiger partial charge in [0, 0.05) is 0 Å². The standard InChI is InChI=1S/C7H8N2O3S/c8-9-5-6-3-1-2-4-7(6)13(10,11)12/h1-4,8H,5H2,(H,10,11,12). The van der Waals surface area contributed by atoms with Crippen molar-refractivity contribution in [2.24, 2.45) is 5.11 Å². The molecule has 70 valence electrons. The van der Waals surface area contributed by atoms with Crippen LogP contribution in [0.3, 0.4) is 0 Å². The molecule has 0 aliphatic rings. The lowest BCUT2D eigenvalue weighted by Crippen LogP contribution is -2.02. The largest absolute Gasteiger partial charge is 0.294 e. The predicted molar refractivity (Wildman–Crippen MR) is 45.1 cm³/mol. The summed E-state index contributed by atoms with van der Waals surface area (Å²) < 4.78 is 30.3. The Bertz CT molecular complexity index is 414. The van der Waals surface area contributed by atoms with Crippen LogP contribution in [0.4, 0.5) is 0 Å². The lowest BCUT2D eigenvalue weighted by atomic mass is 10.2. The summed E-state index contributed by atoms with van der Waals surface area (Å²) in [6, 6.07) is 5.89. The smallest absolute Gasteiger partial charge is 0.282 e. The quantitative estimate of drug-likeness (QED) is 0.571. The van der Waals surface area contributed by atoms with Crippen molar-refractivity contribution in [1.82, 2.24) is 0 Å². The van der Waals surface area contributed by atoms with E-state index in [1.165, 1.54) is 18.2 Å². The van der Waals surface area contributed by atoms with Gasteiger partial charge in [-0.1, -0.05) is 18.2 Å².